The first kappa shape index (κ1) is 23.0. The van der Waals surface area contributed by atoms with E-state index in [1.807, 2.05) is 0 Å². The van der Waals surface area contributed by atoms with E-state index in [0.29, 0.717) is 0 Å². The lowest BCUT2D eigenvalue weighted by Gasteiger charge is -2.47. The van der Waals surface area contributed by atoms with Gasteiger partial charge in [-0.05, 0) is 12.3 Å². The molecule has 0 aromatic carbocycles. The molecule has 6 aliphatic rings. The van der Waals surface area contributed by atoms with Crippen LogP contribution in [0.15, 0.2) is 0 Å². The van der Waals surface area contributed by atoms with Gasteiger partial charge >= 0.3 is 24.0 Å². The van der Waals surface area contributed by atoms with Crippen molar-refractivity contribution in [1.29, 1.82) is 0 Å². The number of ether oxygens (including phenoxy) is 5. The predicted octanol–water partition coefficient (Wildman–Crippen LogP) is -2.03. The lowest BCUT2D eigenvalue weighted by Crippen LogP contribution is -2.67. The quantitative estimate of drug-likeness (QED) is 0.230. The molecule has 12 atom stereocenters. The monoisotopic (exact) mass is 497 g/mol. The molecule has 2 spiro atoms. The summed E-state index contributed by atoms with van der Waals surface area (Å²) in [5.74, 6) is -5.44. The molecule has 0 bridgehead atoms. The molecule has 6 fully saturated rings. The van der Waals surface area contributed by atoms with Gasteiger partial charge in [0.1, 0.15) is 11.5 Å². The highest BCUT2D eigenvalue weighted by atomic mass is 16.8. The summed E-state index contributed by atoms with van der Waals surface area (Å²) in [5, 5.41) is 37.6. The number of nitrogens with one attached hydrogen (secondary N) is 1. The first-order valence-electron chi connectivity index (χ1n) is 11.5. The minimum Gasteiger partial charge on any atom is -0.456 e. The second-order valence-corrected chi connectivity index (χ2v) is 11.4. The number of carbonyl (C=O) groups is 4. The number of esters is 3. The van der Waals surface area contributed by atoms with Gasteiger partial charge in [0, 0.05) is 13.0 Å². The number of amides is 1. The van der Waals surface area contributed by atoms with Gasteiger partial charge in [0.15, 0.2) is 23.9 Å². The molecule has 13 heteroatoms. The molecule has 35 heavy (non-hydrogen) atoms. The summed E-state index contributed by atoms with van der Waals surface area (Å²) < 4.78 is 28.4. The Balaban J connectivity index is 1.75. The van der Waals surface area contributed by atoms with Crippen molar-refractivity contribution < 1.29 is 58.2 Å². The van der Waals surface area contributed by atoms with Crippen molar-refractivity contribution in [3.63, 3.8) is 0 Å². The molecule has 0 aromatic heterocycles. The van der Waals surface area contributed by atoms with Crippen molar-refractivity contribution in [3.8, 4) is 0 Å². The zero-order chi connectivity index (χ0) is 25.7. The molecule has 13 nitrogen and oxygen atoms in total. The molecule has 0 aromatic rings. The number of hydrogen-bond donors (Lipinski definition) is 4. The van der Waals surface area contributed by atoms with E-state index in [0.717, 1.165) is 0 Å². The number of aliphatic hydroxyl groups excluding tert-OH is 2. The average molecular weight is 497 g/mol. The standard InChI is InChI=1S/C22H27NO12/c1-6-13(26)31-12-11(33-17(29)23-5)20-10-7(24)8(18(2,3)4)19(20)9(25)14(27)34-16(19)35-22(20,15(28)32-10)21(6,12)30/h6-12,16,24-25,30H,1-5H3,(H,23,29)/t6-,7-,8?,9+,10?,11+,12?,16?,19?,20?,21-,22?/m1/s1. The van der Waals surface area contributed by atoms with Gasteiger partial charge in [0.2, 0.25) is 11.9 Å². The third-order valence-corrected chi connectivity index (χ3v) is 9.36. The maximum Gasteiger partial charge on any atom is 0.407 e. The van der Waals surface area contributed by atoms with E-state index in [1.54, 1.807) is 20.8 Å². The zero-order valence-electron chi connectivity index (χ0n) is 19.6. The highest BCUT2D eigenvalue weighted by molar-refractivity contribution is 5.94. The Labute approximate surface area is 199 Å². The maximum absolute atomic E-state index is 13.7. The van der Waals surface area contributed by atoms with E-state index in [1.165, 1.54) is 14.0 Å². The van der Waals surface area contributed by atoms with Crippen molar-refractivity contribution in [2.75, 3.05) is 7.05 Å². The molecular weight excluding hydrogens is 470 g/mol. The van der Waals surface area contributed by atoms with E-state index in [4.69, 9.17) is 23.7 Å². The van der Waals surface area contributed by atoms with Crippen molar-refractivity contribution in [1.82, 2.24) is 5.32 Å². The van der Waals surface area contributed by atoms with Crippen LogP contribution in [0.4, 0.5) is 4.79 Å². The van der Waals surface area contributed by atoms with E-state index < -0.39 is 100 Å². The van der Waals surface area contributed by atoms with Gasteiger partial charge in [-0.15, -0.1) is 0 Å². The fourth-order valence-electron chi connectivity index (χ4n) is 8.56. The Morgan fingerprint density at radius 2 is 1.71 bits per heavy atom. The zero-order valence-corrected chi connectivity index (χ0v) is 19.6. The van der Waals surface area contributed by atoms with Crippen molar-refractivity contribution in [3.05, 3.63) is 0 Å². The van der Waals surface area contributed by atoms with Gasteiger partial charge in [-0.1, -0.05) is 20.8 Å². The van der Waals surface area contributed by atoms with E-state index in [2.05, 4.69) is 5.32 Å². The van der Waals surface area contributed by atoms with E-state index in [-0.39, 0.29) is 0 Å². The predicted molar refractivity (Wildman–Crippen MR) is 107 cm³/mol. The van der Waals surface area contributed by atoms with Crippen LogP contribution in [0.5, 0.6) is 0 Å². The molecule has 1 amide bonds. The molecule has 7 unspecified atom stereocenters. The lowest BCUT2D eigenvalue weighted by atomic mass is 9.51. The molecule has 2 aliphatic carbocycles. The van der Waals surface area contributed by atoms with Crippen LogP contribution in [0.3, 0.4) is 0 Å². The van der Waals surface area contributed by atoms with Crippen LogP contribution < -0.4 is 5.32 Å². The number of carbonyl (C=O) groups excluding carboxylic acids is 4. The molecule has 4 aliphatic heterocycles. The summed E-state index contributed by atoms with van der Waals surface area (Å²) in [6.07, 6.45) is -10.8. The van der Waals surface area contributed by atoms with Gasteiger partial charge in [-0.25, -0.2) is 14.4 Å². The number of rotatable bonds is 1. The van der Waals surface area contributed by atoms with Crippen molar-refractivity contribution >= 4 is 24.0 Å². The van der Waals surface area contributed by atoms with Gasteiger partial charge in [0.25, 0.3) is 0 Å². The minimum atomic E-state index is -2.47. The lowest BCUT2D eigenvalue weighted by molar-refractivity contribution is -0.240. The third-order valence-electron chi connectivity index (χ3n) is 9.36. The highest BCUT2D eigenvalue weighted by Crippen LogP contribution is 2.84. The smallest absolute Gasteiger partial charge is 0.407 e. The summed E-state index contributed by atoms with van der Waals surface area (Å²) in [7, 11) is 1.28. The fourth-order valence-corrected chi connectivity index (χ4v) is 8.56. The third kappa shape index (κ3) is 1.86. The molecule has 4 heterocycles. The van der Waals surface area contributed by atoms with Gasteiger partial charge in [-0.3, -0.25) is 4.79 Å². The highest BCUT2D eigenvalue weighted by Gasteiger charge is 3.06. The first-order valence-corrected chi connectivity index (χ1v) is 11.5. The van der Waals surface area contributed by atoms with Crippen LogP contribution in [0, 0.1) is 28.1 Å². The van der Waals surface area contributed by atoms with Crippen LogP contribution in [-0.2, 0) is 38.1 Å². The van der Waals surface area contributed by atoms with Crippen molar-refractivity contribution in [2.24, 2.45) is 28.1 Å². The van der Waals surface area contributed by atoms with Crippen molar-refractivity contribution in [2.45, 2.75) is 75.7 Å². The summed E-state index contributed by atoms with van der Waals surface area (Å²) in [6, 6.07) is 0. The molecule has 4 saturated heterocycles. The number of fused-ring (bicyclic) bond motifs is 1. The van der Waals surface area contributed by atoms with E-state index in [9.17, 15) is 34.5 Å². The van der Waals surface area contributed by atoms with Crippen LogP contribution in [0.25, 0.3) is 0 Å². The topological polar surface area (TPSA) is 187 Å². The Kier molecular flexibility index (Phi) is 3.98. The molecular formula is C22H27NO12. The molecule has 192 valence electrons. The molecule has 4 N–H and O–H groups in total. The number of hydrogen-bond acceptors (Lipinski definition) is 12. The second kappa shape index (κ2) is 6.07. The SMILES string of the molecule is CNC(=O)O[C@H]1C2OC(=O)[C@@H](C)[C@]2(O)C23OC4OC(=O)[C@H](O)C45C(C(C)(C)C)[C@@H](O)C(OC2=O)C153. The largest absolute Gasteiger partial charge is 0.456 e. The van der Waals surface area contributed by atoms with Crippen LogP contribution in [-0.4, -0.2) is 94.4 Å². The van der Waals surface area contributed by atoms with Gasteiger partial charge in [-0.2, -0.15) is 0 Å². The van der Waals surface area contributed by atoms with Crippen LogP contribution in [0.1, 0.15) is 27.7 Å². The second-order valence-electron chi connectivity index (χ2n) is 11.4. The Morgan fingerprint density at radius 1 is 1.06 bits per heavy atom. The van der Waals surface area contributed by atoms with E-state index >= 15 is 0 Å². The fraction of sp³-hybridized carbons (Fsp3) is 0.818. The summed E-state index contributed by atoms with van der Waals surface area (Å²) >= 11 is 0. The minimum absolute atomic E-state index is 0.849. The Bertz CT molecular complexity index is 1090. The normalized spacial score (nSPS) is 55.0. The Hall–Kier alpha value is -2.48. The van der Waals surface area contributed by atoms with Gasteiger partial charge in [0.05, 0.1) is 17.4 Å². The van der Waals surface area contributed by atoms with Gasteiger partial charge < -0.3 is 44.3 Å². The summed E-state index contributed by atoms with van der Waals surface area (Å²) in [6.45, 7) is 6.59. The summed E-state index contributed by atoms with van der Waals surface area (Å²) in [4.78, 5) is 51.7. The van der Waals surface area contributed by atoms with Crippen LogP contribution in [0.2, 0.25) is 0 Å². The number of aliphatic hydroxyl groups is 3. The first-order chi connectivity index (χ1) is 16.2. The average Bonchev–Trinajstić information content (AvgIpc) is 3.46. The molecule has 0 radical (unpaired) electrons. The maximum atomic E-state index is 13.7. The molecule has 6 rings (SSSR count). The Morgan fingerprint density at radius 3 is 2.31 bits per heavy atom. The summed E-state index contributed by atoms with van der Waals surface area (Å²) in [5.41, 5.74) is -9.72. The molecule has 2 saturated carbocycles. The number of alkyl carbamates (subject to hydrolysis) is 1. The van der Waals surface area contributed by atoms with Crippen LogP contribution >= 0.6 is 0 Å².